The lowest BCUT2D eigenvalue weighted by Gasteiger charge is -2.18. The van der Waals surface area contributed by atoms with Crippen molar-refractivity contribution in [1.29, 1.82) is 0 Å². The third-order valence-corrected chi connectivity index (χ3v) is 4.49. The summed E-state index contributed by atoms with van der Waals surface area (Å²) >= 11 is 1.34. The number of amides is 2. The van der Waals surface area contributed by atoms with Crippen LogP contribution >= 0.6 is 11.3 Å². The van der Waals surface area contributed by atoms with Crippen molar-refractivity contribution >= 4 is 34.8 Å². The predicted octanol–water partition coefficient (Wildman–Crippen LogP) is 3.32. The molecule has 26 heavy (non-hydrogen) atoms. The Bertz CT molecular complexity index is 772. The lowest BCUT2D eigenvalue weighted by Crippen LogP contribution is -2.42. The van der Waals surface area contributed by atoms with Crippen LogP contribution in [0, 0.1) is 5.92 Å². The lowest BCUT2D eigenvalue weighted by molar-refractivity contribution is -0.143. The molecule has 1 atom stereocenters. The fourth-order valence-corrected chi connectivity index (χ4v) is 3.03. The van der Waals surface area contributed by atoms with Crippen LogP contribution in [0.1, 0.15) is 40.3 Å². The predicted molar refractivity (Wildman–Crippen MR) is 101 cm³/mol. The second-order valence-corrected chi connectivity index (χ2v) is 7.14. The molecule has 1 aromatic heterocycles. The molecule has 2 aromatic rings. The minimum Gasteiger partial charge on any atom is -0.467 e. The van der Waals surface area contributed by atoms with Crippen molar-refractivity contribution in [3.05, 3.63) is 52.2 Å². The number of rotatable bonds is 7. The molecular formula is C19H22N2O4S. The summed E-state index contributed by atoms with van der Waals surface area (Å²) in [5.74, 6) is -0.886. The molecule has 0 bridgehead atoms. The molecule has 6 nitrogen and oxygen atoms in total. The first kappa shape index (κ1) is 19.7. The largest absolute Gasteiger partial charge is 0.467 e. The normalized spacial score (nSPS) is 11.7. The summed E-state index contributed by atoms with van der Waals surface area (Å²) in [7, 11) is 1.29. The number of thiophene rings is 1. The van der Waals surface area contributed by atoms with E-state index in [0.717, 1.165) is 0 Å². The summed E-state index contributed by atoms with van der Waals surface area (Å²) in [4.78, 5) is 37.1. The van der Waals surface area contributed by atoms with Crippen molar-refractivity contribution in [1.82, 2.24) is 5.32 Å². The number of carbonyl (C=O) groups is 3. The van der Waals surface area contributed by atoms with Gasteiger partial charge in [-0.2, -0.15) is 0 Å². The molecule has 1 aromatic carbocycles. The average Bonchev–Trinajstić information content (AvgIpc) is 3.15. The second-order valence-electron chi connectivity index (χ2n) is 6.19. The molecule has 138 valence electrons. The first-order valence-electron chi connectivity index (χ1n) is 8.24. The van der Waals surface area contributed by atoms with Crippen molar-refractivity contribution in [3.63, 3.8) is 0 Å². The molecule has 0 aliphatic rings. The van der Waals surface area contributed by atoms with Gasteiger partial charge in [0.15, 0.2) is 0 Å². The van der Waals surface area contributed by atoms with Gasteiger partial charge in [-0.1, -0.05) is 26.0 Å². The summed E-state index contributed by atoms with van der Waals surface area (Å²) in [5.41, 5.74) is 0.862. The zero-order valence-electron chi connectivity index (χ0n) is 14.9. The van der Waals surface area contributed by atoms with E-state index in [1.165, 1.54) is 18.4 Å². The maximum absolute atomic E-state index is 12.5. The van der Waals surface area contributed by atoms with Crippen LogP contribution in [0.25, 0.3) is 0 Å². The zero-order chi connectivity index (χ0) is 19.1. The number of nitrogens with one attached hydrogen (secondary N) is 2. The molecule has 0 aliphatic carbocycles. The summed E-state index contributed by atoms with van der Waals surface area (Å²) in [5, 5.41) is 7.28. The summed E-state index contributed by atoms with van der Waals surface area (Å²) < 4.78 is 4.76. The van der Waals surface area contributed by atoms with Gasteiger partial charge in [0.2, 0.25) is 0 Å². The molecule has 1 unspecified atom stereocenters. The standard InChI is InChI=1S/C19H22N2O4S/c1-12(2)10-15(19(24)25-3)21-17(22)13-6-4-7-14(11-13)20-18(23)16-8-5-9-26-16/h4-9,11-12,15H,10H2,1-3H3,(H,20,23)(H,21,22). The Morgan fingerprint density at radius 3 is 2.50 bits per heavy atom. The van der Waals surface area contributed by atoms with Crippen LogP contribution in [-0.4, -0.2) is 30.9 Å². The molecule has 7 heteroatoms. The van der Waals surface area contributed by atoms with E-state index in [9.17, 15) is 14.4 Å². The second kappa shape index (κ2) is 9.15. The summed E-state index contributed by atoms with van der Waals surface area (Å²) in [6.07, 6.45) is 0.479. The maximum atomic E-state index is 12.5. The molecule has 1 heterocycles. The van der Waals surface area contributed by atoms with E-state index in [-0.39, 0.29) is 11.8 Å². The number of esters is 1. The Balaban J connectivity index is 2.09. The maximum Gasteiger partial charge on any atom is 0.328 e. The molecule has 0 spiro atoms. The topological polar surface area (TPSA) is 84.5 Å². The fourth-order valence-electron chi connectivity index (χ4n) is 2.41. The van der Waals surface area contributed by atoms with Crippen molar-refractivity contribution in [2.24, 2.45) is 5.92 Å². The SMILES string of the molecule is COC(=O)C(CC(C)C)NC(=O)c1cccc(NC(=O)c2cccs2)c1. The van der Waals surface area contributed by atoms with Crippen LogP contribution in [0.2, 0.25) is 0 Å². The number of methoxy groups -OCH3 is 1. The minimum atomic E-state index is -0.711. The van der Waals surface area contributed by atoms with E-state index >= 15 is 0 Å². The monoisotopic (exact) mass is 374 g/mol. The molecule has 2 rings (SSSR count). The summed E-state index contributed by atoms with van der Waals surface area (Å²) in [6.45, 7) is 3.92. The van der Waals surface area contributed by atoms with Gasteiger partial charge in [-0.25, -0.2) is 4.79 Å². The highest BCUT2D eigenvalue weighted by Gasteiger charge is 2.23. The Morgan fingerprint density at radius 2 is 1.88 bits per heavy atom. The van der Waals surface area contributed by atoms with Gasteiger partial charge in [-0.3, -0.25) is 9.59 Å². The number of hydrogen-bond acceptors (Lipinski definition) is 5. The van der Waals surface area contributed by atoms with Crippen molar-refractivity contribution in [3.8, 4) is 0 Å². The molecule has 2 amide bonds. The fraction of sp³-hybridized carbons (Fsp3) is 0.316. The average molecular weight is 374 g/mol. The van der Waals surface area contributed by atoms with Crippen molar-refractivity contribution < 1.29 is 19.1 Å². The molecule has 0 saturated carbocycles. The van der Waals surface area contributed by atoms with Gasteiger partial charge in [0.1, 0.15) is 6.04 Å². The van der Waals surface area contributed by atoms with Gasteiger partial charge in [0, 0.05) is 11.3 Å². The van der Waals surface area contributed by atoms with E-state index < -0.39 is 17.9 Å². The molecule has 2 N–H and O–H groups in total. The molecule has 0 aliphatic heterocycles. The smallest absolute Gasteiger partial charge is 0.328 e. The van der Waals surface area contributed by atoms with Crippen LogP contribution in [0.3, 0.4) is 0 Å². The Kier molecular flexibility index (Phi) is 6.91. The van der Waals surface area contributed by atoms with Crippen LogP contribution in [0.15, 0.2) is 41.8 Å². The van der Waals surface area contributed by atoms with Crippen molar-refractivity contribution in [2.75, 3.05) is 12.4 Å². The lowest BCUT2D eigenvalue weighted by atomic mass is 10.0. The van der Waals surface area contributed by atoms with Gasteiger partial charge in [0.05, 0.1) is 12.0 Å². The van der Waals surface area contributed by atoms with Crippen LogP contribution in [-0.2, 0) is 9.53 Å². The molecular weight excluding hydrogens is 352 g/mol. The van der Waals surface area contributed by atoms with E-state index in [2.05, 4.69) is 10.6 Å². The van der Waals surface area contributed by atoms with Gasteiger partial charge in [-0.05, 0) is 42.0 Å². The first-order chi connectivity index (χ1) is 12.4. The van der Waals surface area contributed by atoms with Gasteiger partial charge < -0.3 is 15.4 Å². The van der Waals surface area contributed by atoms with Crippen LogP contribution in [0.4, 0.5) is 5.69 Å². The zero-order valence-corrected chi connectivity index (χ0v) is 15.8. The van der Waals surface area contributed by atoms with E-state index in [0.29, 0.717) is 22.5 Å². The van der Waals surface area contributed by atoms with E-state index in [1.54, 1.807) is 36.4 Å². The molecule has 0 saturated heterocycles. The van der Waals surface area contributed by atoms with Crippen LogP contribution in [0.5, 0.6) is 0 Å². The van der Waals surface area contributed by atoms with Gasteiger partial charge in [-0.15, -0.1) is 11.3 Å². The van der Waals surface area contributed by atoms with Gasteiger partial charge >= 0.3 is 5.97 Å². The van der Waals surface area contributed by atoms with E-state index in [4.69, 9.17) is 4.74 Å². The van der Waals surface area contributed by atoms with Crippen LogP contribution < -0.4 is 10.6 Å². The van der Waals surface area contributed by atoms with Gasteiger partial charge in [0.25, 0.3) is 11.8 Å². The Morgan fingerprint density at radius 1 is 1.12 bits per heavy atom. The highest BCUT2D eigenvalue weighted by atomic mass is 32.1. The number of carbonyl (C=O) groups excluding carboxylic acids is 3. The number of ether oxygens (including phenoxy) is 1. The number of hydrogen-bond donors (Lipinski definition) is 2. The molecule has 0 radical (unpaired) electrons. The Labute approximate surface area is 156 Å². The Hall–Kier alpha value is -2.67. The number of benzene rings is 1. The third-order valence-electron chi connectivity index (χ3n) is 3.63. The third kappa shape index (κ3) is 5.42. The summed E-state index contributed by atoms with van der Waals surface area (Å²) in [6, 6.07) is 9.39. The quantitative estimate of drug-likeness (QED) is 0.728. The molecule has 0 fully saturated rings. The first-order valence-corrected chi connectivity index (χ1v) is 9.12. The van der Waals surface area contributed by atoms with E-state index in [1.807, 2.05) is 19.2 Å². The highest BCUT2D eigenvalue weighted by Crippen LogP contribution is 2.15. The van der Waals surface area contributed by atoms with Crippen molar-refractivity contribution in [2.45, 2.75) is 26.3 Å². The minimum absolute atomic E-state index is 0.218. The highest BCUT2D eigenvalue weighted by molar-refractivity contribution is 7.12. The number of anilines is 1.